The van der Waals surface area contributed by atoms with Crippen molar-refractivity contribution in [1.29, 1.82) is 0 Å². The number of hydrogen-bond donors (Lipinski definition) is 1. The Bertz CT molecular complexity index is 1020. The molecule has 4 rings (SSSR count). The lowest BCUT2D eigenvalue weighted by Gasteiger charge is -2.22. The third-order valence-corrected chi connectivity index (χ3v) is 5.59. The molecule has 1 fully saturated rings. The molecule has 0 radical (unpaired) electrons. The van der Waals surface area contributed by atoms with Crippen molar-refractivity contribution in [3.05, 3.63) is 59.7 Å². The van der Waals surface area contributed by atoms with Crippen LogP contribution < -0.4 is 5.32 Å². The summed E-state index contributed by atoms with van der Waals surface area (Å²) < 4.78 is 16.0. The Hall–Kier alpha value is -3.39. The first-order valence-electron chi connectivity index (χ1n) is 10.9. The fourth-order valence-corrected chi connectivity index (χ4v) is 4.18. The van der Waals surface area contributed by atoms with Gasteiger partial charge in [-0.1, -0.05) is 48.5 Å². The standard InChI is InChI=1S/C25H28N2O6/c1-25(2,3)26-22(28)14-31-13-21-23(29)33-15-27(21)24(30)32-12-20-18-10-6-4-8-16(18)17-9-5-7-11-19(17)20/h4-11,20-21H,12-15H2,1-3H3,(H,26,28)/t21-/m0/s1. The molecule has 0 unspecified atom stereocenters. The Kier molecular flexibility index (Phi) is 6.37. The maximum atomic E-state index is 12.8. The van der Waals surface area contributed by atoms with Gasteiger partial charge in [0.2, 0.25) is 5.91 Å². The van der Waals surface area contributed by atoms with Crippen LogP contribution in [-0.4, -0.2) is 61.0 Å². The largest absolute Gasteiger partial charge is 0.448 e. The number of carbonyl (C=O) groups excluding carboxylic acids is 3. The molecule has 0 spiro atoms. The molecule has 1 heterocycles. The molecule has 1 N–H and O–H groups in total. The van der Waals surface area contributed by atoms with Gasteiger partial charge in [0.15, 0.2) is 12.8 Å². The zero-order valence-electron chi connectivity index (χ0n) is 19.0. The molecule has 33 heavy (non-hydrogen) atoms. The van der Waals surface area contributed by atoms with Crippen LogP contribution in [0.5, 0.6) is 0 Å². The molecule has 1 saturated heterocycles. The molecule has 8 heteroatoms. The second-order valence-corrected chi connectivity index (χ2v) is 9.20. The highest BCUT2D eigenvalue weighted by Crippen LogP contribution is 2.44. The summed E-state index contributed by atoms with van der Waals surface area (Å²) in [5, 5.41) is 2.77. The van der Waals surface area contributed by atoms with E-state index in [1.165, 1.54) is 4.90 Å². The van der Waals surface area contributed by atoms with Crippen LogP contribution in [0.15, 0.2) is 48.5 Å². The molecular weight excluding hydrogens is 424 g/mol. The molecule has 0 bridgehead atoms. The maximum Gasteiger partial charge on any atom is 0.413 e. The number of hydrogen-bond acceptors (Lipinski definition) is 6. The number of amides is 2. The van der Waals surface area contributed by atoms with E-state index in [2.05, 4.69) is 17.4 Å². The van der Waals surface area contributed by atoms with Gasteiger partial charge in [0, 0.05) is 11.5 Å². The van der Waals surface area contributed by atoms with E-state index < -0.39 is 18.1 Å². The van der Waals surface area contributed by atoms with Crippen molar-refractivity contribution in [1.82, 2.24) is 10.2 Å². The van der Waals surface area contributed by atoms with E-state index in [0.29, 0.717) is 0 Å². The lowest BCUT2D eigenvalue weighted by atomic mass is 9.98. The van der Waals surface area contributed by atoms with Crippen LogP contribution in [0.2, 0.25) is 0 Å². The van der Waals surface area contributed by atoms with Crippen molar-refractivity contribution in [2.45, 2.75) is 38.3 Å². The minimum atomic E-state index is -0.955. The summed E-state index contributed by atoms with van der Waals surface area (Å²) in [7, 11) is 0. The van der Waals surface area contributed by atoms with Crippen LogP contribution in [0, 0.1) is 0 Å². The molecular formula is C25H28N2O6. The smallest absolute Gasteiger partial charge is 0.413 e. The maximum absolute atomic E-state index is 12.8. The fraction of sp³-hybridized carbons (Fsp3) is 0.400. The van der Waals surface area contributed by atoms with Crippen molar-refractivity contribution in [3.8, 4) is 11.1 Å². The monoisotopic (exact) mass is 452 g/mol. The molecule has 8 nitrogen and oxygen atoms in total. The van der Waals surface area contributed by atoms with Gasteiger partial charge < -0.3 is 19.5 Å². The van der Waals surface area contributed by atoms with Gasteiger partial charge in [0.1, 0.15) is 13.2 Å². The molecule has 1 aliphatic carbocycles. The zero-order valence-corrected chi connectivity index (χ0v) is 19.0. The van der Waals surface area contributed by atoms with E-state index in [0.717, 1.165) is 22.3 Å². The highest BCUT2D eigenvalue weighted by Gasteiger charge is 2.40. The fourth-order valence-electron chi connectivity index (χ4n) is 4.18. The summed E-state index contributed by atoms with van der Waals surface area (Å²) in [5.41, 5.74) is 4.08. The Morgan fingerprint density at radius 2 is 1.64 bits per heavy atom. The summed E-state index contributed by atoms with van der Waals surface area (Å²) in [5.74, 6) is -0.974. The first-order chi connectivity index (χ1) is 15.7. The van der Waals surface area contributed by atoms with Gasteiger partial charge in [-0.3, -0.25) is 9.69 Å². The number of nitrogens with zero attached hydrogens (tertiary/aromatic N) is 1. The van der Waals surface area contributed by atoms with E-state index in [4.69, 9.17) is 14.2 Å². The van der Waals surface area contributed by atoms with Gasteiger partial charge in [-0.05, 0) is 43.0 Å². The Labute approximate surface area is 192 Å². The lowest BCUT2D eigenvalue weighted by molar-refractivity contribution is -0.141. The van der Waals surface area contributed by atoms with E-state index in [-0.39, 0.29) is 43.9 Å². The predicted octanol–water partition coefficient (Wildman–Crippen LogP) is 3.05. The molecule has 0 aromatic heterocycles. The van der Waals surface area contributed by atoms with Gasteiger partial charge >= 0.3 is 12.1 Å². The SMILES string of the molecule is CC(C)(C)NC(=O)COC[C@H]1C(=O)OCN1C(=O)OCC1c2ccccc2-c2ccccc21. The second-order valence-electron chi connectivity index (χ2n) is 9.20. The van der Waals surface area contributed by atoms with Gasteiger partial charge in [-0.25, -0.2) is 9.59 Å². The summed E-state index contributed by atoms with van der Waals surface area (Å²) >= 11 is 0. The molecule has 2 aromatic carbocycles. The highest BCUT2D eigenvalue weighted by molar-refractivity contribution is 5.84. The van der Waals surface area contributed by atoms with Crippen LogP contribution in [0.3, 0.4) is 0 Å². The summed E-state index contributed by atoms with van der Waals surface area (Å²) in [4.78, 5) is 38.0. The van der Waals surface area contributed by atoms with Crippen molar-refractivity contribution in [2.75, 3.05) is 26.6 Å². The van der Waals surface area contributed by atoms with Crippen molar-refractivity contribution >= 4 is 18.0 Å². The number of cyclic esters (lactones) is 1. The molecule has 2 amide bonds. The van der Waals surface area contributed by atoms with E-state index >= 15 is 0 Å². The predicted molar refractivity (Wildman–Crippen MR) is 120 cm³/mol. The van der Waals surface area contributed by atoms with Crippen molar-refractivity contribution < 1.29 is 28.6 Å². The minimum absolute atomic E-state index is 0.0867. The third kappa shape index (κ3) is 5.01. The first-order valence-corrected chi connectivity index (χ1v) is 10.9. The number of ether oxygens (including phenoxy) is 3. The summed E-state index contributed by atoms with van der Waals surface area (Å²) in [6.07, 6.45) is -0.657. The zero-order chi connectivity index (χ0) is 23.6. The van der Waals surface area contributed by atoms with Gasteiger partial charge in [0.25, 0.3) is 0 Å². The van der Waals surface area contributed by atoms with Crippen LogP contribution in [0.25, 0.3) is 11.1 Å². The minimum Gasteiger partial charge on any atom is -0.448 e. The van der Waals surface area contributed by atoms with E-state index in [1.54, 1.807) is 0 Å². The Morgan fingerprint density at radius 1 is 1.03 bits per heavy atom. The number of rotatable bonds is 6. The average molecular weight is 453 g/mol. The average Bonchev–Trinajstić information content (AvgIpc) is 3.29. The van der Waals surface area contributed by atoms with E-state index in [9.17, 15) is 14.4 Å². The molecule has 1 aliphatic heterocycles. The topological polar surface area (TPSA) is 94.2 Å². The molecule has 0 saturated carbocycles. The van der Waals surface area contributed by atoms with Crippen molar-refractivity contribution in [3.63, 3.8) is 0 Å². The summed E-state index contributed by atoms with van der Waals surface area (Å²) in [6.45, 7) is 5.13. The normalized spacial score (nSPS) is 17.4. The lowest BCUT2D eigenvalue weighted by Crippen LogP contribution is -2.44. The third-order valence-electron chi connectivity index (χ3n) is 5.59. The Balaban J connectivity index is 1.36. The van der Waals surface area contributed by atoms with Crippen LogP contribution in [0.1, 0.15) is 37.8 Å². The van der Waals surface area contributed by atoms with Crippen molar-refractivity contribution in [2.24, 2.45) is 0 Å². The number of benzene rings is 2. The second kappa shape index (κ2) is 9.23. The number of fused-ring (bicyclic) bond motifs is 3. The van der Waals surface area contributed by atoms with Crippen LogP contribution >= 0.6 is 0 Å². The molecule has 2 aliphatic rings. The number of esters is 1. The highest BCUT2D eigenvalue weighted by atomic mass is 16.6. The Morgan fingerprint density at radius 3 is 2.24 bits per heavy atom. The quantitative estimate of drug-likeness (QED) is 0.677. The van der Waals surface area contributed by atoms with E-state index in [1.807, 2.05) is 57.2 Å². The number of carbonyl (C=O) groups is 3. The molecule has 2 aromatic rings. The van der Waals surface area contributed by atoms with Crippen LogP contribution in [-0.2, 0) is 23.8 Å². The van der Waals surface area contributed by atoms with Gasteiger partial charge in [0.05, 0.1) is 6.61 Å². The van der Waals surface area contributed by atoms with Crippen LogP contribution in [0.4, 0.5) is 4.79 Å². The summed E-state index contributed by atoms with van der Waals surface area (Å²) in [6, 6.07) is 15.2. The molecule has 1 atom stereocenters. The number of nitrogens with one attached hydrogen (secondary N) is 1. The first kappa shape index (κ1) is 22.8. The van der Waals surface area contributed by atoms with Gasteiger partial charge in [-0.15, -0.1) is 0 Å². The molecule has 174 valence electrons. The van der Waals surface area contributed by atoms with Gasteiger partial charge in [-0.2, -0.15) is 0 Å².